The van der Waals surface area contributed by atoms with Gasteiger partial charge in [-0.3, -0.25) is 9.59 Å². The Morgan fingerprint density at radius 2 is 1.64 bits per heavy atom. The number of amides is 2. The van der Waals surface area contributed by atoms with Crippen LogP contribution < -0.4 is 15.4 Å². The fourth-order valence-corrected chi connectivity index (χ4v) is 4.52. The van der Waals surface area contributed by atoms with Crippen molar-refractivity contribution >= 4 is 23.2 Å². The monoisotopic (exact) mass is 467 g/mol. The van der Waals surface area contributed by atoms with Gasteiger partial charge in [0.15, 0.2) is 0 Å². The van der Waals surface area contributed by atoms with Gasteiger partial charge in [0.1, 0.15) is 28.9 Å². The number of benzene rings is 2. The van der Waals surface area contributed by atoms with Gasteiger partial charge in [0, 0.05) is 23.0 Å². The van der Waals surface area contributed by atoms with Crippen LogP contribution in [-0.4, -0.2) is 28.9 Å². The van der Waals surface area contributed by atoms with Crippen molar-refractivity contribution in [1.82, 2.24) is 15.6 Å². The van der Waals surface area contributed by atoms with Crippen LogP contribution in [0.4, 0.5) is 4.39 Å². The second-order valence-electron chi connectivity index (χ2n) is 8.18. The van der Waals surface area contributed by atoms with Crippen LogP contribution in [0.25, 0.3) is 0 Å². The predicted molar refractivity (Wildman–Crippen MR) is 125 cm³/mol. The fourth-order valence-electron chi connectivity index (χ4n) is 3.83. The molecule has 1 heterocycles. The Hall–Kier alpha value is -3.26. The third kappa shape index (κ3) is 6.16. The van der Waals surface area contributed by atoms with Gasteiger partial charge in [-0.2, -0.15) is 0 Å². The molecule has 172 valence electrons. The quantitative estimate of drug-likeness (QED) is 0.531. The molecular formula is C25H26FN3O3S. The van der Waals surface area contributed by atoms with Crippen LogP contribution in [0, 0.1) is 12.7 Å². The Balaban J connectivity index is 1.33. The minimum absolute atomic E-state index is 0.190. The van der Waals surface area contributed by atoms with Crippen molar-refractivity contribution in [3.63, 3.8) is 0 Å². The summed E-state index contributed by atoms with van der Waals surface area (Å²) in [6, 6.07) is 12.8. The van der Waals surface area contributed by atoms with E-state index in [-0.39, 0.29) is 29.7 Å². The number of carbonyl (C=O) groups is 2. The maximum atomic E-state index is 13.1. The van der Waals surface area contributed by atoms with Crippen molar-refractivity contribution in [2.75, 3.05) is 0 Å². The third-order valence-electron chi connectivity index (χ3n) is 5.67. The van der Waals surface area contributed by atoms with E-state index in [1.54, 1.807) is 5.38 Å². The normalized spacial score (nSPS) is 17.9. The smallest absolute Gasteiger partial charge is 0.271 e. The Labute approximate surface area is 196 Å². The lowest BCUT2D eigenvalue weighted by molar-refractivity contribution is 0.0860. The van der Waals surface area contributed by atoms with E-state index in [9.17, 15) is 14.0 Å². The number of thiazole rings is 1. The summed E-state index contributed by atoms with van der Waals surface area (Å²) < 4.78 is 18.9. The van der Waals surface area contributed by atoms with Crippen LogP contribution >= 0.6 is 11.3 Å². The van der Waals surface area contributed by atoms with Crippen molar-refractivity contribution in [2.45, 2.75) is 51.3 Å². The number of nitrogens with zero attached hydrogens (tertiary/aromatic N) is 1. The van der Waals surface area contributed by atoms with E-state index in [2.05, 4.69) is 15.6 Å². The zero-order valence-electron chi connectivity index (χ0n) is 18.3. The molecular weight excluding hydrogens is 441 g/mol. The molecule has 0 spiro atoms. The summed E-state index contributed by atoms with van der Waals surface area (Å²) in [6.45, 7) is 2.31. The maximum Gasteiger partial charge on any atom is 0.271 e. The lowest BCUT2D eigenvalue weighted by atomic mass is 9.90. The van der Waals surface area contributed by atoms with Crippen molar-refractivity contribution in [2.24, 2.45) is 0 Å². The fraction of sp³-hybridized carbons (Fsp3) is 0.320. The summed E-state index contributed by atoms with van der Waals surface area (Å²) in [5.74, 6) is -0.170. The first-order valence-electron chi connectivity index (χ1n) is 11.0. The molecule has 2 atom stereocenters. The Bertz CT molecular complexity index is 1100. The summed E-state index contributed by atoms with van der Waals surface area (Å²) in [5.41, 5.74) is 1.90. The lowest BCUT2D eigenvalue weighted by Crippen LogP contribution is -2.53. The molecule has 6 nitrogen and oxygen atoms in total. The second kappa shape index (κ2) is 10.6. The van der Waals surface area contributed by atoms with Gasteiger partial charge in [-0.1, -0.05) is 30.5 Å². The van der Waals surface area contributed by atoms with Crippen LogP contribution in [0.1, 0.15) is 57.1 Å². The summed E-state index contributed by atoms with van der Waals surface area (Å²) in [4.78, 5) is 29.8. The second-order valence-corrected chi connectivity index (χ2v) is 9.12. The van der Waals surface area contributed by atoms with E-state index in [0.29, 0.717) is 22.9 Å². The molecule has 2 N–H and O–H groups in total. The van der Waals surface area contributed by atoms with Crippen molar-refractivity contribution in [3.05, 3.63) is 81.6 Å². The first-order valence-corrected chi connectivity index (χ1v) is 11.9. The third-order valence-corrected chi connectivity index (χ3v) is 6.50. The van der Waals surface area contributed by atoms with Gasteiger partial charge < -0.3 is 15.4 Å². The van der Waals surface area contributed by atoms with Crippen LogP contribution in [0.3, 0.4) is 0 Å². The van der Waals surface area contributed by atoms with Gasteiger partial charge in [0.05, 0.1) is 0 Å². The number of aromatic nitrogens is 1. The number of rotatable bonds is 7. The highest BCUT2D eigenvalue weighted by Gasteiger charge is 2.29. The molecule has 4 rings (SSSR count). The van der Waals surface area contributed by atoms with E-state index in [1.165, 1.54) is 35.6 Å². The molecule has 1 aliphatic rings. The van der Waals surface area contributed by atoms with E-state index in [4.69, 9.17) is 4.74 Å². The molecule has 1 aromatic heterocycles. The van der Waals surface area contributed by atoms with Gasteiger partial charge >= 0.3 is 0 Å². The number of carbonyl (C=O) groups excluding carboxylic acids is 2. The van der Waals surface area contributed by atoms with Gasteiger partial charge in [-0.05, 0) is 56.2 Å². The number of ether oxygens (including phenoxy) is 1. The molecule has 1 saturated carbocycles. The highest BCUT2D eigenvalue weighted by Crippen LogP contribution is 2.21. The Morgan fingerprint density at radius 1 is 1.00 bits per heavy atom. The summed E-state index contributed by atoms with van der Waals surface area (Å²) in [5, 5.41) is 8.46. The van der Waals surface area contributed by atoms with E-state index >= 15 is 0 Å². The molecule has 2 amide bonds. The lowest BCUT2D eigenvalue weighted by Gasteiger charge is -2.32. The standard InChI is InChI=1S/C25H26FN3O3S/c1-16-6-12-19(13-7-16)32-14-23-27-22(15-33-23)25(31)29-21-5-3-2-4-20(21)28-24(30)17-8-10-18(26)11-9-17/h6-13,15,20-21H,2-5,14H2,1H3,(H,28,30)(H,29,31). The first-order chi connectivity index (χ1) is 16.0. The molecule has 2 unspecified atom stereocenters. The zero-order chi connectivity index (χ0) is 23.2. The molecule has 3 aromatic rings. The van der Waals surface area contributed by atoms with E-state index in [0.717, 1.165) is 37.0 Å². The molecule has 0 saturated heterocycles. The maximum absolute atomic E-state index is 13.1. The number of aryl methyl sites for hydroxylation is 1. The summed E-state index contributed by atoms with van der Waals surface area (Å²) in [6.07, 6.45) is 3.48. The summed E-state index contributed by atoms with van der Waals surface area (Å²) in [7, 11) is 0. The minimum Gasteiger partial charge on any atom is -0.486 e. The molecule has 0 aliphatic heterocycles. The van der Waals surface area contributed by atoms with E-state index < -0.39 is 0 Å². The number of nitrogens with one attached hydrogen (secondary N) is 2. The highest BCUT2D eigenvalue weighted by molar-refractivity contribution is 7.09. The van der Waals surface area contributed by atoms with Crippen LogP contribution in [0.5, 0.6) is 5.75 Å². The van der Waals surface area contributed by atoms with Gasteiger partial charge in [-0.15, -0.1) is 11.3 Å². The average Bonchev–Trinajstić information content (AvgIpc) is 3.30. The van der Waals surface area contributed by atoms with Crippen LogP contribution in [-0.2, 0) is 6.61 Å². The molecule has 1 fully saturated rings. The molecule has 0 radical (unpaired) electrons. The predicted octanol–water partition coefficient (Wildman–Crippen LogP) is 4.64. The molecule has 0 bridgehead atoms. The van der Waals surface area contributed by atoms with Gasteiger partial charge in [0.2, 0.25) is 0 Å². The van der Waals surface area contributed by atoms with Crippen LogP contribution in [0.2, 0.25) is 0 Å². The number of hydrogen-bond acceptors (Lipinski definition) is 5. The highest BCUT2D eigenvalue weighted by atomic mass is 32.1. The van der Waals surface area contributed by atoms with Crippen molar-refractivity contribution < 1.29 is 18.7 Å². The number of halogens is 1. The minimum atomic E-state index is -0.388. The van der Waals surface area contributed by atoms with Gasteiger partial charge in [-0.25, -0.2) is 9.37 Å². The van der Waals surface area contributed by atoms with Crippen molar-refractivity contribution in [3.8, 4) is 5.75 Å². The summed E-state index contributed by atoms with van der Waals surface area (Å²) >= 11 is 1.37. The Morgan fingerprint density at radius 3 is 2.30 bits per heavy atom. The largest absolute Gasteiger partial charge is 0.486 e. The topological polar surface area (TPSA) is 80.3 Å². The Kier molecular flexibility index (Phi) is 7.34. The first kappa shape index (κ1) is 22.9. The van der Waals surface area contributed by atoms with Crippen LogP contribution in [0.15, 0.2) is 53.9 Å². The van der Waals surface area contributed by atoms with E-state index in [1.807, 2.05) is 31.2 Å². The average molecular weight is 468 g/mol. The number of hydrogen-bond donors (Lipinski definition) is 2. The van der Waals surface area contributed by atoms with Crippen molar-refractivity contribution in [1.29, 1.82) is 0 Å². The zero-order valence-corrected chi connectivity index (χ0v) is 19.2. The van der Waals surface area contributed by atoms with Gasteiger partial charge in [0.25, 0.3) is 11.8 Å². The molecule has 1 aliphatic carbocycles. The SMILES string of the molecule is Cc1ccc(OCc2nc(C(=O)NC3CCCCC3NC(=O)c3ccc(F)cc3)cs2)cc1. The molecule has 33 heavy (non-hydrogen) atoms. The molecule has 8 heteroatoms. The molecule has 2 aromatic carbocycles.